The number of methoxy groups -OCH3 is 1. The molecule has 0 radical (unpaired) electrons. The normalized spacial score (nSPS) is 12.6. The van der Waals surface area contributed by atoms with Crippen molar-refractivity contribution in [3.8, 4) is 0 Å². The Morgan fingerprint density at radius 3 is 2.40 bits per heavy atom. The standard InChI is InChI=1S/C17H19ClN2O4S/c1-12(11-24-2)20-25(22,23)14-9-7-13(8-10-14)17(21)19-16-6-4-3-5-15(16)18/h3-10,12,20H,11H2,1-2H3,(H,19,21)/t12-/m1/s1. The predicted molar refractivity (Wildman–Crippen MR) is 97.5 cm³/mol. The van der Waals surface area contributed by atoms with E-state index in [0.717, 1.165) is 0 Å². The second-order valence-electron chi connectivity index (χ2n) is 5.44. The number of para-hydroxylation sites is 1. The van der Waals surface area contributed by atoms with Crippen LogP contribution < -0.4 is 10.0 Å². The molecular formula is C17H19ClN2O4S. The van der Waals surface area contributed by atoms with Crippen LogP contribution in [0.5, 0.6) is 0 Å². The number of ether oxygens (including phenoxy) is 1. The van der Waals surface area contributed by atoms with E-state index >= 15 is 0 Å². The van der Waals surface area contributed by atoms with E-state index in [1.54, 1.807) is 31.2 Å². The molecule has 0 spiro atoms. The molecule has 2 aromatic carbocycles. The third-order valence-corrected chi connectivity index (χ3v) is 5.26. The maximum absolute atomic E-state index is 12.2. The molecule has 1 amide bonds. The van der Waals surface area contributed by atoms with Crippen molar-refractivity contribution in [1.82, 2.24) is 4.72 Å². The van der Waals surface area contributed by atoms with Gasteiger partial charge in [0.25, 0.3) is 5.91 Å². The second-order valence-corrected chi connectivity index (χ2v) is 7.56. The number of anilines is 1. The summed E-state index contributed by atoms with van der Waals surface area (Å²) in [7, 11) is -2.18. The zero-order valence-electron chi connectivity index (χ0n) is 13.8. The molecule has 0 aliphatic heterocycles. The quantitative estimate of drug-likeness (QED) is 0.771. The molecule has 2 rings (SSSR count). The van der Waals surface area contributed by atoms with Crippen LogP contribution in [0.25, 0.3) is 0 Å². The van der Waals surface area contributed by atoms with Gasteiger partial charge in [0.1, 0.15) is 0 Å². The Bertz CT molecular complexity index is 838. The number of halogens is 1. The van der Waals surface area contributed by atoms with Gasteiger partial charge >= 0.3 is 0 Å². The van der Waals surface area contributed by atoms with Crippen LogP contribution in [0.15, 0.2) is 53.4 Å². The highest BCUT2D eigenvalue weighted by Crippen LogP contribution is 2.21. The lowest BCUT2D eigenvalue weighted by Crippen LogP contribution is -2.35. The van der Waals surface area contributed by atoms with Crippen molar-refractivity contribution in [3.63, 3.8) is 0 Å². The Kier molecular flexibility index (Phi) is 6.55. The van der Waals surface area contributed by atoms with E-state index in [1.807, 2.05) is 0 Å². The van der Waals surface area contributed by atoms with Gasteiger partial charge in [0, 0.05) is 18.7 Å². The average molecular weight is 383 g/mol. The lowest BCUT2D eigenvalue weighted by Gasteiger charge is -2.13. The third-order valence-electron chi connectivity index (χ3n) is 3.32. The first kappa shape index (κ1) is 19.4. The van der Waals surface area contributed by atoms with Crippen LogP contribution in [-0.4, -0.2) is 34.1 Å². The Labute approximate surface area is 152 Å². The van der Waals surface area contributed by atoms with Crippen LogP contribution >= 0.6 is 11.6 Å². The van der Waals surface area contributed by atoms with Crippen molar-refractivity contribution in [3.05, 3.63) is 59.1 Å². The van der Waals surface area contributed by atoms with Gasteiger partial charge in [-0.05, 0) is 43.3 Å². The summed E-state index contributed by atoms with van der Waals surface area (Å²) in [6.07, 6.45) is 0. The molecule has 0 bridgehead atoms. The largest absolute Gasteiger partial charge is 0.383 e. The molecule has 0 aliphatic rings. The minimum absolute atomic E-state index is 0.0738. The molecular weight excluding hydrogens is 364 g/mol. The van der Waals surface area contributed by atoms with Crippen LogP contribution in [0.4, 0.5) is 5.69 Å². The highest BCUT2D eigenvalue weighted by atomic mass is 35.5. The van der Waals surface area contributed by atoms with Gasteiger partial charge in [-0.2, -0.15) is 0 Å². The Hall–Kier alpha value is -1.93. The Balaban J connectivity index is 2.11. The number of carbonyl (C=O) groups is 1. The monoisotopic (exact) mass is 382 g/mol. The summed E-state index contributed by atoms with van der Waals surface area (Å²) in [5.41, 5.74) is 0.810. The maximum Gasteiger partial charge on any atom is 0.255 e. The van der Waals surface area contributed by atoms with Crippen molar-refractivity contribution < 1.29 is 17.9 Å². The van der Waals surface area contributed by atoms with Crippen LogP contribution in [0.2, 0.25) is 5.02 Å². The highest BCUT2D eigenvalue weighted by molar-refractivity contribution is 7.89. The van der Waals surface area contributed by atoms with Gasteiger partial charge in [0.05, 0.1) is 22.2 Å². The van der Waals surface area contributed by atoms with Crippen molar-refractivity contribution in [2.24, 2.45) is 0 Å². The van der Waals surface area contributed by atoms with Crippen LogP contribution in [0.3, 0.4) is 0 Å². The molecule has 0 heterocycles. The zero-order chi connectivity index (χ0) is 18.4. The zero-order valence-corrected chi connectivity index (χ0v) is 15.4. The molecule has 0 fully saturated rings. The van der Waals surface area contributed by atoms with Crippen molar-refractivity contribution in [2.75, 3.05) is 19.0 Å². The molecule has 0 saturated heterocycles. The summed E-state index contributed by atoms with van der Waals surface area (Å²) in [5.74, 6) is -0.377. The summed E-state index contributed by atoms with van der Waals surface area (Å²) < 4.78 is 31.9. The first-order chi connectivity index (χ1) is 11.8. The van der Waals surface area contributed by atoms with E-state index in [4.69, 9.17) is 16.3 Å². The maximum atomic E-state index is 12.2. The molecule has 25 heavy (non-hydrogen) atoms. The topological polar surface area (TPSA) is 84.5 Å². The molecule has 2 aromatic rings. The lowest BCUT2D eigenvalue weighted by atomic mass is 10.2. The highest BCUT2D eigenvalue weighted by Gasteiger charge is 2.18. The number of carbonyl (C=O) groups excluding carboxylic acids is 1. The third kappa shape index (κ3) is 5.27. The molecule has 0 aliphatic carbocycles. The van der Waals surface area contributed by atoms with Crippen molar-refractivity contribution >= 4 is 33.2 Å². The second kappa shape index (κ2) is 8.44. The van der Waals surface area contributed by atoms with Gasteiger partial charge in [0.2, 0.25) is 10.0 Å². The number of amides is 1. The molecule has 6 nitrogen and oxygen atoms in total. The SMILES string of the molecule is COC[C@@H](C)NS(=O)(=O)c1ccc(C(=O)Nc2ccccc2Cl)cc1. The summed E-state index contributed by atoms with van der Waals surface area (Å²) in [5, 5.41) is 3.10. The number of sulfonamides is 1. The van der Waals surface area contributed by atoms with Gasteiger partial charge in [0.15, 0.2) is 0 Å². The van der Waals surface area contributed by atoms with E-state index in [9.17, 15) is 13.2 Å². The number of benzene rings is 2. The van der Waals surface area contributed by atoms with Gasteiger partial charge in [-0.1, -0.05) is 23.7 Å². The number of hydrogen-bond acceptors (Lipinski definition) is 4. The first-order valence-corrected chi connectivity index (χ1v) is 9.37. The van der Waals surface area contributed by atoms with E-state index in [0.29, 0.717) is 16.3 Å². The summed E-state index contributed by atoms with van der Waals surface area (Å²) in [4.78, 5) is 12.3. The number of rotatable bonds is 7. The lowest BCUT2D eigenvalue weighted by molar-refractivity contribution is 0.102. The average Bonchev–Trinajstić information content (AvgIpc) is 2.57. The smallest absolute Gasteiger partial charge is 0.255 e. The van der Waals surface area contributed by atoms with E-state index in [-0.39, 0.29) is 23.5 Å². The van der Waals surface area contributed by atoms with Gasteiger partial charge in [-0.15, -0.1) is 0 Å². The van der Waals surface area contributed by atoms with Crippen LogP contribution in [-0.2, 0) is 14.8 Å². The van der Waals surface area contributed by atoms with Crippen molar-refractivity contribution in [2.45, 2.75) is 17.9 Å². The molecule has 0 aromatic heterocycles. The predicted octanol–water partition coefficient (Wildman–Crippen LogP) is 2.91. The number of nitrogens with one attached hydrogen (secondary N) is 2. The minimum atomic E-state index is -3.67. The summed E-state index contributed by atoms with van der Waals surface area (Å²) in [6.45, 7) is 1.96. The molecule has 0 unspecified atom stereocenters. The van der Waals surface area contributed by atoms with Gasteiger partial charge < -0.3 is 10.1 Å². The molecule has 2 N–H and O–H groups in total. The van der Waals surface area contributed by atoms with E-state index in [2.05, 4.69) is 10.0 Å². The van der Waals surface area contributed by atoms with Crippen LogP contribution in [0.1, 0.15) is 17.3 Å². The Morgan fingerprint density at radius 2 is 1.80 bits per heavy atom. The fourth-order valence-corrected chi connectivity index (χ4v) is 3.57. The van der Waals surface area contributed by atoms with Gasteiger partial charge in [-0.25, -0.2) is 13.1 Å². The van der Waals surface area contributed by atoms with Crippen LogP contribution in [0, 0.1) is 0 Å². The first-order valence-electron chi connectivity index (χ1n) is 7.50. The Morgan fingerprint density at radius 1 is 1.16 bits per heavy atom. The molecule has 0 saturated carbocycles. The molecule has 134 valence electrons. The summed E-state index contributed by atoms with van der Waals surface area (Å²) in [6, 6.07) is 12.1. The summed E-state index contributed by atoms with van der Waals surface area (Å²) >= 11 is 6.00. The van der Waals surface area contributed by atoms with Crippen molar-refractivity contribution in [1.29, 1.82) is 0 Å². The van der Waals surface area contributed by atoms with E-state index in [1.165, 1.54) is 31.4 Å². The fraction of sp³-hybridized carbons (Fsp3) is 0.235. The molecule has 1 atom stereocenters. The fourth-order valence-electron chi connectivity index (χ4n) is 2.16. The number of hydrogen-bond donors (Lipinski definition) is 2. The van der Waals surface area contributed by atoms with Gasteiger partial charge in [-0.3, -0.25) is 4.79 Å². The van der Waals surface area contributed by atoms with E-state index < -0.39 is 10.0 Å². The molecule has 8 heteroatoms. The minimum Gasteiger partial charge on any atom is -0.383 e.